The summed E-state index contributed by atoms with van der Waals surface area (Å²) < 4.78 is 2.69. The number of hydrogen-bond acceptors (Lipinski definition) is 3. The number of fused-ring (bicyclic) bond motifs is 1. The van der Waals surface area contributed by atoms with E-state index >= 15 is 0 Å². The molecule has 6 nitrogen and oxygen atoms in total. The Labute approximate surface area is 153 Å². The Hall–Kier alpha value is -2.37. The van der Waals surface area contributed by atoms with Crippen molar-refractivity contribution in [3.05, 3.63) is 44.6 Å². The zero-order chi connectivity index (χ0) is 19.5. The number of carbonyl (C=O) groups is 1. The minimum absolute atomic E-state index is 0.271. The second-order valence-corrected chi connectivity index (χ2v) is 7.80. The first kappa shape index (κ1) is 19.9. The number of carbonyl (C=O) groups excluding carboxylic acids is 1. The van der Waals surface area contributed by atoms with Crippen LogP contribution in [0.3, 0.4) is 0 Å². The van der Waals surface area contributed by atoms with Crippen molar-refractivity contribution >= 4 is 16.8 Å². The predicted octanol–water partition coefficient (Wildman–Crippen LogP) is 2.58. The van der Waals surface area contributed by atoms with Gasteiger partial charge in [-0.15, -0.1) is 0 Å². The lowest BCUT2D eigenvalue weighted by Crippen LogP contribution is -2.47. The number of amides is 1. The van der Waals surface area contributed by atoms with E-state index in [1.54, 1.807) is 10.6 Å². The molecule has 1 N–H and O–H groups in total. The van der Waals surface area contributed by atoms with Crippen molar-refractivity contribution in [2.75, 3.05) is 0 Å². The molecule has 2 aromatic rings. The van der Waals surface area contributed by atoms with E-state index in [1.807, 2.05) is 39.8 Å². The molecule has 2 rings (SSSR count). The molecule has 1 aromatic heterocycles. The summed E-state index contributed by atoms with van der Waals surface area (Å²) in [5, 5.41) is 3.32. The van der Waals surface area contributed by atoms with Crippen LogP contribution in [0, 0.1) is 6.92 Å². The molecule has 0 fully saturated rings. The van der Waals surface area contributed by atoms with Crippen molar-refractivity contribution in [2.24, 2.45) is 0 Å². The van der Waals surface area contributed by atoms with Crippen LogP contribution < -0.4 is 16.6 Å². The zero-order valence-corrected chi connectivity index (χ0v) is 16.4. The summed E-state index contributed by atoms with van der Waals surface area (Å²) in [5.74, 6) is -0.343. The lowest BCUT2D eigenvalue weighted by molar-refractivity contribution is -0.123. The summed E-state index contributed by atoms with van der Waals surface area (Å²) >= 11 is 0. The molecule has 6 heteroatoms. The Kier molecular flexibility index (Phi) is 6.05. The third-order valence-electron chi connectivity index (χ3n) is 4.26. The maximum absolute atomic E-state index is 13.0. The molecule has 0 radical (unpaired) electrons. The molecular formula is C20H29N3O3. The number of nitrogens with zero attached hydrogens (tertiary/aromatic N) is 2. The molecule has 0 atom stereocenters. The molecule has 1 heterocycles. The number of aryl methyl sites for hydroxylation is 2. The maximum atomic E-state index is 13.0. The van der Waals surface area contributed by atoms with Gasteiger partial charge in [0.2, 0.25) is 5.91 Å². The minimum Gasteiger partial charge on any atom is -0.350 e. The van der Waals surface area contributed by atoms with Gasteiger partial charge in [-0.1, -0.05) is 31.9 Å². The summed E-state index contributed by atoms with van der Waals surface area (Å²) in [6.07, 6.45) is 2.90. The van der Waals surface area contributed by atoms with Crippen LogP contribution in [0.1, 0.15) is 52.5 Å². The third kappa shape index (κ3) is 4.42. The lowest BCUT2D eigenvalue weighted by Gasteiger charge is -2.21. The minimum atomic E-state index is -0.423. The van der Waals surface area contributed by atoms with E-state index < -0.39 is 16.8 Å². The summed E-state index contributed by atoms with van der Waals surface area (Å²) in [5.41, 5.74) is 0.200. The monoisotopic (exact) mass is 359 g/mol. The van der Waals surface area contributed by atoms with Crippen LogP contribution >= 0.6 is 0 Å². The van der Waals surface area contributed by atoms with Crippen molar-refractivity contribution in [1.82, 2.24) is 14.5 Å². The van der Waals surface area contributed by atoms with E-state index in [1.165, 1.54) is 0 Å². The van der Waals surface area contributed by atoms with E-state index in [9.17, 15) is 14.4 Å². The van der Waals surface area contributed by atoms with Gasteiger partial charge in [0.05, 0.1) is 10.9 Å². The van der Waals surface area contributed by atoms with Crippen LogP contribution in [0.25, 0.3) is 10.9 Å². The van der Waals surface area contributed by atoms with Gasteiger partial charge in [-0.25, -0.2) is 4.79 Å². The van der Waals surface area contributed by atoms with Crippen molar-refractivity contribution in [1.29, 1.82) is 0 Å². The average Bonchev–Trinajstić information content (AvgIpc) is 2.53. The first-order valence-electron chi connectivity index (χ1n) is 9.19. The topological polar surface area (TPSA) is 73.1 Å². The molecule has 0 aliphatic heterocycles. The van der Waals surface area contributed by atoms with Crippen LogP contribution in [0.15, 0.2) is 27.8 Å². The van der Waals surface area contributed by atoms with Crippen LogP contribution in [0.2, 0.25) is 0 Å². The van der Waals surface area contributed by atoms with Gasteiger partial charge in [0.25, 0.3) is 5.56 Å². The van der Waals surface area contributed by atoms with Gasteiger partial charge in [-0.05, 0) is 45.7 Å². The quantitative estimate of drug-likeness (QED) is 0.806. The predicted molar refractivity (Wildman–Crippen MR) is 105 cm³/mol. The second-order valence-electron chi connectivity index (χ2n) is 7.80. The second kappa shape index (κ2) is 7.89. The molecule has 26 heavy (non-hydrogen) atoms. The molecule has 142 valence electrons. The molecule has 0 aliphatic carbocycles. The van der Waals surface area contributed by atoms with Gasteiger partial charge in [0.1, 0.15) is 6.54 Å². The number of aromatic nitrogens is 2. The normalized spacial score (nSPS) is 11.7. The number of hydrogen-bond donors (Lipinski definition) is 1. The highest BCUT2D eigenvalue weighted by Crippen LogP contribution is 2.14. The highest BCUT2D eigenvalue weighted by Gasteiger charge is 2.19. The average molecular weight is 359 g/mol. The summed E-state index contributed by atoms with van der Waals surface area (Å²) in [4.78, 5) is 38.2. The van der Waals surface area contributed by atoms with Crippen molar-refractivity contribution in [2.45, 2.75) is 72.5 Å². The van der Waals surface area contributed by atoms with Gasteiger partial charge in [0, 0.05) is 12.1 Å². The fourth-order valence-electron chi connectivity index (χ4n) is 3.10. The van der Waals surface area contributed by atoms with Gasteiger partial charge < -0.3 is 5.32 Å². The van der Waals surface area contributed by atoms with Gasteiger partial charge in [-0.3, -0.25) is 18.7 Å². The summed E-state index contributed by atoms with van der Waals surface area (Å²) in [6, 6.07) is 5.50. The standard InChI is InChI=1S/C20H29N3O3/c1-6-7-8-12-22-15-11-9-10-14(2)17(15)18(25)23(19(22)26)13-16(24)21-20(3,4)5/h9-11H,6-8,12-13H2,1-5H3,(H,21,24). The summed E-state index contributed by atoms with van der Waals surface area (Å²) in [7, 11) is 0. The Morgan fingerprint density at radius 2 is 1.81 bits per heavy atom. The molecule has 0 saturated heterocycles. The number of rotatable bonds is 6. The van der Waals surface area contributed by atoms with Crippen molar-refractivity contribution in [3.8, 4) is 0 Å². The highest BCUT2D eigenvalue weighted by molar-refractivity contribution is 5.82. The number of nitrogens with one attached hydrogen (secondary N) is 1. The van der Waals surface area contributed by atoms with Gasteiger partial charge >= 0.3 is 5.69 Å². The largest absolute Gasteiger partial charge is 0.350 e. The number of unbranched alkanes of at least 4 members (excludes halogenated alkanes) is 2. The fourth-order valence-corrected chi connectivity index (χ4v) is 3.10. The molecule has 0 aliphatic rings. The Balaban J connectivity index is 2.59. The first-order chi connectivity index (χ1) is 12.2. The Morgan fingerprint density at radius 1 is 1.12 bits per heavy atom. The molecule has 0 unspecified atom stereocenters. The van der Waals surface area contributed by atoms with E-state index in [0.29, 0.717) is 17.4 Å². The molecule has 1 amide bonds. The molecule has 0 spiro atoms. The van der Waals surface area contributed by atoms with E-state index in [4.69, 9.17) is 0 Å². The van der Waals surface area contributed by atoms with E-state index in [0.717, 1.165) is 29.4 Å². The fraction of sp³-hybridized carbons (Fsp3) is 0.550. The molecular weight excluding hydrogens is 330 g/mol. The van der Waals surface area contributed by atoms with Crippen LogP contribution in [0.5, 0.6) is 0 Å². The molecule has 0 bridgehead atoms. The number of benzene rings is 1. The highest BCUT2D eigenvalue weighted by atomic mass is 16.2. The van der Waals surface area contributed by atoms with Gasteiger partial charge in [0.15, 0.2) is 0 Å². The van der Waals surface area contributed by atoms with E-state index in [2.05, 4.69) is 12.2 Å². The smallest absolute Gasteiger partial charge is 0.331 e. The molecule has 0 saturated carbocycles. The third-order valence-corrected chi connectivity index (χ3v) is 4.26. The van der Waals surface area contributed by atoms with Crippen LogP contribution in [0.4, 0.5) is 0 Å². The van der Waals surface area contributed by atoms with Gasteiger partial charge in [-0.2, -0.15) is 0 Å². The summed E-state index contributed by atoms with van der Waals surface area (Å²) in [6.45, 7) is 9.80. The first-order valence-corrected chi connectivity index (χ1v) is 9.19. The Bertz CT molecular complexity index is 917. The SMILES string of the molecule is CCCCCn1c(=O)n(CC(=O)NC(C)(C)C)c(=O)c2c(C)cccc21. The lowest BCUT2D eigenvalue weighted by atomic mass is 10.1. The van der Waals surface area contributed by atoms with E-state index in [-0.39, 0.29) is 12.5 Å². The van der Waals surface area contributed by atoms with Crippen LogP contribution in [-0.2, 0) is 17.9 Å². The molecule has 1 aromatic carbocycles. The zero-order valence-electron chi connectivity index (χ0n) is 16.4. The van der Waals surface area contributed by atoms with Crippen molar-refractivity contribution < 1.29 is 4.79 Å². The van der Waals surface area contributed by atoms with Crippen LogP contribution in [-0.4, -0.2) is 20.6 Å². The Morgan fingerprint density at radius 3 is 2.42 bits per heavy atom. The van der Waals surface area contributed by atoms with Crippen molar-refractivity contribution in [3.63, 3.8) is 0 Å². The maximum Gasteiger partial charge on any atom is 0.331 e.